The second-order valence-corrected chi connectivity index (χ2v) is 5.69. The van der Waals surface area contributed by atoms with Crippen LogP contribution in [0.1, 0.15) is 30.6 Å². The number of fused-ring (bicyclic) bond motifs is 2. The standard InChI is InChI=1S/C18H19N3O3/c1-3-12(2)20-16(22)11-21-14-8-4-5-9-15(14)24-17-13(18(21)23)7-6-10-19-17/h4-10,12H,3,11H2,1-2H3,(H,20,22)/t12-/m1/s1. The molecule has 0 saturated carbocycles. The van der Waals surface area contributed by atoms with E-state index in [1.165, 1.54) is 4.90 Å². The van der Waals surface area contributed by atoms with Crippen molar-refractivity contribution in [3.8, 4) is 11.6 Å². The fourth-order valence-electron chi connectivity index (χ4n) is 2.48. The lowest BCUT2D eigenvalue weighted by Gasteiger charge is -2.22. The van der Waals surface area contributed by atoms with Gasteiger partial charge in [-0.1, -0.05) is 19.1 Å². The number of nitrogens with zero attached hydrogens (tertiary/aromatic N) is 2. The zero-order valence-corrected chi connectivity index (χ0v) is 13.7. The van der Waals surface area contributed by atoms with Crippen LogP contribution in [0.3, 0.4) is 0 Å². The average Bonchev–Trinajstić information content (AvgIpc) is 2.70. The van der Waals surface area contributed by atoms with E-state index in [-0.39, 0.29) is 30.3 Å². The fraction of sp³-hybridized carbons (Fsp3) is 0.278. The van der Waals surface area contributed by atoms with Crippen LogP contribution in [0, 0.1) is 0 Å². The second-order valence-electron chi connectivity index (χ2n) is 5.69. The Morgan fingerprint density at radius 2 is 2.08 bits per heavy atom. The molecule has 1 atom stereocenters. The first kappa shape index (κ1) is 16.0. The minimum atomic E-state index is -0.303. The third kappa shape index (κ3) is 3.08. The Bertz CT molecular complexity index is 776. The summed E-state index contributed by atoms with van der Waals surface area (Å²) in [6.45, 7) is 3.85. The largest absolute Gasteiger partial charge is 0.436 e. The van der Waals surface area contributed by atoms with Crippen molar-refractivity contribution in [1.82, 2.24) is 10.3 Å². The van der Waals surface area contributed by atoms with Gasteiger partial charge < -0.3 is 10.1 Å². The maximum absolute atomic E-state index is 12.9. The number of benzene rings is 1. The predicted molar refractivity (Wildman–Crippen MR) is 90.3 cm³/mol. The van der Waals surface area contributed by atoms with Crippen LogP contribution in [-0.2, 0) is 4.79 Å². The molecule has 0 fully saturated rings. The number of pyridine rings is 1. The molecule has 0 bridgehead atoms. The highest BCUT2D eigenvalue weighted by Gasteiger charge is 2.30. The highest BCUT2D eigenvalue weighted by Crippen LogP contribution is 2.37. The van der Waals surface area contributed by atoms with Gasteiger partial charge in [0, 0.05) is 12.2 Å². The number of carbonyl (C=O) groups excluding carboxylic acids is 2. The molecule has 0 unspecified atom stereocenters. The number of aromatic nitrogens is 1. The van der Waals surface area contributed by atoms with E-state index in [1.807, 2.05) is 19.9 Å². The lowest BCUT2D eigenvalue weighted by Crippen LogP contribution is -2.43. The van der Waals surface area contributed by atoms with E-state index in [9.17, 15) is 9.59 Å². The van der Waals surface area contributed by atoms with Gasteiger partial charge >= 0.3 is 0 Å². The van der Waals surface area contributed by atoms with Crippen molar-refractivity contribution in [2.24, 2.45) is 0 Å². The molecule has 2 aromatic rings. The van der Waals surface area contributed by atoms with E-state index in [4.69, 9.17) is 4.74 Å². The highest BCUT2D eigenvalue weighted by molar-refractivity contribution is 6.11. The summed E-state index contributed by atoms with van der Waals surface area (Å²) in [4.78, 5) is 30.8. The SMILES string of the molecule is CC[C@@H](C)NC(=O)CN1C(=O)c2cccnc2Oc2ccccc21. The molecule has 1 aliphatic heterocycles. The summed E-state index contributed by atoms with van der Waals surface area (Å²) in [5, 5.41) is 2.88. The van der Waals surface area contributed by atoms with Crippen molar-refractivity contribution < 1.29 is 14.3 Å². The summed E-state index contributed by atoms with van der Waals surface area (Å²) in [5.74, 6) is 0.238. The molecule has 124 valence electrons. The van der Waals surface area contributed by atoms with Gasteiger partial charge in [0.05, 0.1) is 5.69 Å². The lowest BCUT2D eigenvalue weighted by atomic mass is 10.2. The highest BCUT2D eigenvalue weighted by atomic mass is 16.5. The van der Waals surface area contributed by atoms with E-state index in [0.717, 1.165) is 6.42 Å². The molecule has 6 nitrogen and oxygen atoms in total. The first-order valence-electron chi connectivity index (χ1n) is 7.93. The Morgan fingerprint density at radius 3 is 2.88 bits per heavy atom. The van der Waals surface area contributed by atoms with E-state index >= 15 is 0 Å². The molecule has 0 radical (unpaired) electrons. The maximum atomic E-state index is 12.9. The smallest absolute Gasteiger partial charge is 0.264 e. The van der Waals surface area contributed by atoms with Gasteiger partial charge in [-0.05, 0) is 37.6 Å². The summed E-state index contributed by atoms with van der Waals surface area (Å²) >= 11 is 0. The molecule has 0 aliphatic carbocycles. The van der Waals surface area contributed by atoms with Crippen molar-refractivity contribution >= 4 is 17.5 Å². The first-order chi connectivity index (χ1) is 11.6. The number of hydrogen-bond donors (Lipinski definition) is 1. The van der Waals surface area contributed by atoms with Crippen LogP contribution in [0.15, 0.2) is 42.6 Å². The van der Waals surface area contributed by atoms with Crippen LogP contribution in [0.5, 0.6) is 11.6 Å². The topological polar surface area (TPSA) is 71.5 Å². The van der Waals surface area contributed by atoms with Gasteiger partial charge in [0.2, 0.25) is 11.8 Å². The van der Waals surface area contributed by atoms with Gasteiger partial charge in [-0.25, -0.2) is 4.98 Å². The molecule has 2 amide bonds. The second kappa shape index (κ2) is 6.70. The monoisotopic (exact) mass is 325 g/mol. The molecule has 1 aromatic carbocycles. The van der Waals surface area contributed by atoms with Crippen molar-refractivity contribution in [3.63, 3.8) is 0 Å². The van der Waals surface area contributed by atoms with Gasteiger partial charge in [-0.3, -0.25) is 14.5 Å². The predicted octanol–water partition coefficient (Wildman–Crippen LogP) is 2.75. The van der Waals surface area contributed by atoms with E-state index in [0.29, 0.717) is 17.0 Å². The zero-order valence-electron chi connectivity index (χ0n) is 13.7. The quantitative estimate of drug-likeness (QED) is 0.938. The summed E-state index contributed by atoms with van der Waals surface area (Å²) < 4.78 is 5.78. The third-order valence-electron chi connectivity index (χ3n) is 3.93. The normalized spacial score (nSPS) is 14.1. The molecule has 1 N–H and O–H groups in total. The van der Waals surface area contributed by atoms with Crippen molar-refractivity contribution in [1.29, 1.82) is 0 Å². The molecule has 1 aliphatic rings. The Kier molecular flexibility index (Phi) is 4.46. The van der Waals surface area contributed by atoms with Gasteiger partial charge in [0.1, 0.15) is 12.1 Å². The fourth-order valence-corrected chi connectivity index (χ4v) is 2.48. The number of hydrogen-bond acceptors (Lipinski definition) is 4. The van der Waals surface area contributed by atoms with Crippen molar-refractivity contribution in [3.05, 3.63) is 48.2 Å². The number of ether oxygens (including phenoxy) is 1. The summed E-state index contributed by atoms with van der Waals surface area (Å²) in [6, 6.07) is 10.5. The Labute approximate surface area is 140 Å². The molecule has 0 spiro atoms. The number of nitrogens with one attached hydrogen (secondary N) is 1. The summed E-state index contributed by atoms with van der Waals surface area (Å²) in [5.41, 5.74) is 0.893. The molecule has 1 aromatic heterocycles. The van der Waals surface area contributed by atoms with Crippen LogP contribution >= 0.6 is 0 Å². The molecule has 6 heteroatoms. The van der Waals surface area contributed by atoms with Gasteiger partial charge in [0.15, 0.2) is 5.75 Å². The Hall–Kier alpha value is -2.89. The van der Waals surface area contributed by atoms with Gasteiger partial charge in [-0.2, -0.15) is 0 Å². The zero-order chi connectivity index (χ0) is 17.1. The molecule has 3 rings (SSSR count). The van der Waals surface area contributed by atoms with Gasteiger partial charge in [-0.15, -0.1) is 0 Å². The lowest BCUT2D eigenvalue weighted by molar-refractivity contribution is -0.120. The Balaban J connectivity index is 1.97. The summed E-state index contributed by atoms with van der Waals surface area (Å²) in [6.07, 6.45) is 2.40. The summed E-state index contributed by atoms with van der Waals surface area (Å²) in [7, 11) is 0. The number of amides is 2. The first-order valence-corrected chi connectivity index (χ1v) is 7.93. The van der Waals surface area contributed by atoms with Gasteiger partial charge in [0.25, 0.3) is 5.91 Å². The molecule has 0 saturated heterocycles. The molecule has 2 heterocycles. The number of anilines is 1. The molecular formula is C18H19N3O3. The van der Waals surface area contributed by atoms with Crippen molar-refractivity contribution in [2.75, 3.05) is 11.4 Å². The Morgan fingerprint density at radius 1 is 1.29 bits per heavy atom. The molecular weight excluding hydrogens is 306 g/mol. The maximum Gasteiger partial charge on any atom is 0.264 e. The van der Waals surface area contributed by atoms with E-state index in [2.05, 4.69) is 10.3 Å². The van der Waals surface area contributed by atoms with Crippen molar-refractivity contribution in [2.45, 2.75) is 26.3 Å². The van der Waals surface area contributed by atoms with E-state index in [1.54, 1.807) is 36.5 Å². The molecule has 24 heavy (non-hydrogen) atoms. The average molecular weight is 325 g/mol. The van der Waals surface area contributed by atoms with Crippen LogP contribution in [0.2, 0.25) is 0 Å². The minimum absolute atomic E-state index is 0.0556. The van der Waals surface area contributed by atoms with Crippen LogP contribution < -0.4 is 15.0 Å². The van der Waals surface area contributed by atoms with Crippen LogP contribution in [0.25, 0.3) is 0 Å². The number of rotatable bonds is 4. The van der Waals surface area contributed by atoms with E-state index < -0.39 is 0 Å². The third-order valence-corrected chi connectivity index (χ3v) is 3.93. The van der Waals surface area contributed by atoms with Crippen LogP contribution in [0.4, 0.5) is 5.69 Å². The number of carbonyl (C=O) groups is 2. The number of para-hydroxylation sites is 2. The van der Waals surface area contributed by atoms with Crippen LogP contribution in [-0.4, -0.2) is 29.4 Å². The minimum Gasteiger partial charge on any atom is -0.436 e.